The van der Waals surface area contributed by atoms with Gasteiger partial charge >= 0.3 is 5.97 Å². The van der Waals surface area contributed by atoms with Gasteiger partial charge in [-0.2, -0.15) is 0 Å². The fourth-order valence-corrected chi connectivity index (χ4v) is 2.74. The molecule has 2 rings (SSSR count). The van der Waals surface area contributed by atoms with E-state index in [4.69, 9.17) is 14.6 Å². The van der Waals surface area contributed by atoms with Crippen molar-refractivity contribution in [1.29, 1.82) is 0 Å². The Bertz CT molecular complexity index is 359. The molecule has 1 amide bonds. The van der Waals surface area contributed by atoms with Gasteiger partial charge in [0.05, 0.1) is 19.2 Å². The van der Waals surface area contributed by atoms with Crippen molar-refractivity contribution in [1.82, 2.24) is 4.90 Å². The normalized spacial score (nSPS) is 25.1. The molecule has 0 spiro atoms. The summed E-state index contributed by atoms with van der Waals surface area (Å²) in [5.74, 6) is -0.874. The Kier molecular flexibility index (Phi) is 4.99. The van der Waals surface area contributed by atoms with Gasteiger partial charge in [0.15, 0.2) is 0 Å². The van der Waals surface area contributed by atoms with Crippen LogP contribution in [-0.2, 0) is 19.1 Å². The molecule has 1 atom stereocenters. The molecule has 0 bridgehead atoms. The summed E-state index contributed by atoms with van der Waals surface area (Å²) >= 11 is 0. The molecule has 0 aromatic heterocycles. The maximum absolute atomic E-state index is 12.0. The molecule has 0 radical (unpaired) electrons. The average Bonchev–Trinajstić information content (AvgIpc) is 2.40. The van der Waals surface area contributed by atoms with Crippen molar-refractivity contribution >= 4 is 11.9 Å². The zero-order valence-corrected chi connectivity index (χ0v) is 12.0. The summed E-state index contributed by atoms with van der Waals surface area (Å²) in [7, 11) is 0. The highest BCUT2D eigenvalue weighted by Gasteiger charge is 2.42. The van der Waals surface area contributed by atoms with Crippen LogP contribution in [0.1, 0.15) is 39.0 Å². The molecule has 0 aromatic carbocycles. The molecule has 2 aliphatic heterocycles. The highest BCUT2D eigenvalue weighted by Crippen LogP contribution is 2.26. The predicted molar refractivity (Wildman–Crippen MR) is 71.4 cm³/mol. The number of carbonyl (C=O) groups excluding carboxylic acids is 1. The molecule has 2 heterocycles. The molecule has 2 aliphatic rings. The van der Waals surface area contributed by atoms with Gasteiger partial charge in [-0.1, -0.05) is 0 Å². The summed E-state index contributed by atoms with van der Waals surface area (Å²) in [5.41, 5.74) is -0.505. The molecule has 1 N–H and O–H groups in total. The van der Waals surface area contributed by atoms with E-state index in [1.165, 1.54) is 6.42 Å². The van der Waals surface area contributed by atoms with Crippen LogP contribution >= 0.6 is 0 Å². The summed E-state index contributed by atoms with van der Waals surface area (Å²) in [6, 6.07) is 0. The summed E-state index contributed by atoms with van der Waals surface area (Å²) in [6.45, 7) is 3.29. The molecule has 0 aliphatic carbocycles. The Morgan fingerprint density at radius 2 is 2.15 bits per heavy atom. The monoisotopic (exact) mass is 285 g/mol. The molecule has 2 fully saturated rings. The number of carbonyl (C=O) groups is 2. The van der Waals surface area contributed by atoms with Crippen LogP contribution < -0.4 is 0 Å². The lowest BCUT2D eigenvalue weighted by molar-refractivity contribution is -0.173. The van der Waals surface area contributed by atoms with E-state index in [-0.39, 0.29) is 18.6 Å². The van der Waals surface area contributed by atoms with Gasteiger partial charge in [0.1, 0.15) is 12.2 Å². The number of ether oxygens (including phenoxy) is 2. The van der Waals surface area contributed by atoms with Gasteiger partial charge in [-0.15, -0.1) is 0 Å². The van der Waals surface area contributed by atoms with Crippen LogP contribution in [0.3, 0.4) is 0 Å². The fraction of sp³-hybridized carbons (Fsp3) is 0.857. The summed E-state index contributed by atoms with van der Waals surface area (Å²) in [6.07, 6.45) is 4.86. The number of carboxylic acids is 1. The van der Waals surface area contributed by atoms with Gasteiger partial charge in [0.2, 0.25) is 5.91 Å². The van der Waals surface area contributed by atoms with E-state index in [1.54, 1.807) is 4.90 Å². The van der Waals surface area contributed by atoms with E-state index in [9.17, 15) is 9.59 Å². The van der Waals surface area contributed by atoms with Crippen LogP contribution in [0.4, 0.5) is 0 Å². The third-order valence-corrected chi connectivity index (χ3v) is 3.90. The lowest BCUT2D eigenvalue weighted by Crippen LogP contribution is -2.63. The van der Waals surface area contributed by atoms with Crippen molar-refractivity contribution in [2.24, 2.45) is 0 Å². The summed E-state index contributed by atoms with van der Waals surface area (Å²) in [4.78, 5) is 24.2. The van der Waals surface area contributed by atoms with Gasteiger partial charge in [-0.25, -0.2) is 4.79 Å². The van der Waals surface area contributed by atoms with Crippen molar-refractivity contribution in [2.75, 3.05) is 26.3 Å². The number of hydrogen-bond donors (Lipinski definition) is 1. The van der Waals surface area contributed by atoms with Crippen molar-refractivity contribution in [2.45, 2.75) is 50.7 Å². The van der Waals surface area contributed by atoms with Gasteiger partial charge in [0.25, 0.3) is 0 Å². The zero-order valence-electron chi connectivity index (χ0n) is 12.0. The van der Waals surface area contributed by atoms with Crippen LogP contribution in [-0.4, -0.2) is 59.9 Å². The summed E-state index contributed by atoms with van der Waals surface area (Å²) in [5, 5.41) is 8.58. The van der Waals surface area contributed by atoms with Gasteiger partial charge in [0, 0.05) is 13.0 Å². The first-order valence-corrected chi connectivity index (χ1v) is 7.24. The molecule has 6 heteroatoms. The number of rotatable bonds is 6. The first-order chi connectivity index (χ1) is 9.48. The molecule has 6 nitrogen and oxygen atoms in total. The van der Waals surface area contributed by atoms with Crippen molar-refractivity contribution in [3.63, 3.8) is 0 Å². The molecule has 0 aromatic rings. The minimum absolute atomic E-state index is 0.107. The number of amides is 1. The van der Waals surface area contributed by atoms with Crippen molar-refractivity contribution < 1.29 is 24.2 Å². The van der Waals surface area contributed by atoms with E-state index in [2.05, 4.69) is 0 Å². The standard InChI is InChI=1S/C14H23NO5/c1-14(20-8-13(17)18)9-15(10-14)12(16)6-5-11-4-2-3-7-19-11/h11H,2-10H2,1H3,(H,17,18). The molecular weight excluding hydrogens is 262 g/mol. The Labute approximate surface area is 119 Å². The van der Waals surface area contributed by atoms with Crippen LogP contribution in [0, 0.1) is 0 Å². The molecule has 2 saturated heterocycles. The fourth-order valence-electron chi connectivity index (χ4n) is 2.74. The van der Waals surface area contributed by atoms with Gasteiger partial charge in [-0.3, -0.25) is 4.79 Å². The third kappa shape index (κ3) is 4.18. The minimum atomic E-state index is -0.981. The van der Waals surface area contributed by atoms with E-state index in [0.29, 0.717) is 19.5 Å². The SMILES string of the molecule is CC1(OCC(=O)O)CN(C(=O)CCC2CCCCO2)C1. The number of hydrogen-bond acceptors (Lipinski definition) is 4. The van der Waals surface area contributed by atoms with E-state index in [1.807, 2.05) is 6.92 Å². The van der Waals surface area contributed by atoms with Crippen molar-refractivity contribution in [3.05, 3.63) is 0 Å². The second-order valence-corrected chi connectivity index (χ2v) is 5.91. The predicted octanol–water partition coefficient (Wildman–Crippen LogP) is 1.04. The second kappa shape index (κ2) is 6.54. The topological polar surface area (TPSA) is 76.1 Å². The maximum atomic E-state index is 12.0. The molecule has 0 saturated carbocycles. The smallest absolute Gasteiger partial charge is 0.329 e. The van der Waals surface area contributed by atoms with Crippen LogP contribution in [0.25, 0.3) is 0 Å². The van der Waals surface area contributed by atoms with E-state index < -0.39 is 11.6 Å². The van der Waals surface area contributed by atoms with E-state index >= 15 is 0 Å². The van der Waals surface area contributed by atoms with E-state index in [0.717, 1.165) is 25.9 Å². The van der Waals surface area contributed by atoms with Crippen LogP contribution in [0.5, 0.6) is 0 Å². The number of aliphatic carboxylic acids is 1. The lowest BCUT2D eigenvalue weighted by atomic mass is 9.95. The Hall–Kier alpha value is -1.14. The highest BCUT2D eigenvalue weighted by molar-refractivity contribution is 5.77. The molecule has 114 valence electrons. The lowest BCUT2D eigenvalue weighted by Gasteiger charge is -2.47. The van der Waals surface area contributed by atoms with Crippen LogP contribution in [0.2, 0.25) is 0 Å². The first kappa shape index (κ1) is 15.3. The number of nitrogens with zero attached hydrogens (tertiary/aromatic N) is 1. The molecule has 1 unspecified atom stereocenters. The quantitative estimate of drug-likeness (QED) is 0.789. The highest BCUT2D eigenvalue weighted by atomic mass is 16.5. The average molecular weight is 285 g/mol. The third-order valence-electron chi connectivity index (χ3n) is 3.90. The molecular formula is C14H23NO5. The molecule has 20 heavy (non-hydrogen) atoms. The largest absolute Gasteiger partial charge is 0.480 e. The minimum Gasteiger partial charge on any atom is -0.480 e. The van der Waals surface area contributed by atoms with Gasteiger partial charge < -0.3 is 19.5 Å². The Morgan fingerprint density at radius 1 is 1.40 bits per heavy atom. The summed E-state index contributed by atoms with van der Waals surface area (Å²) < 4.78 is 10.9. The number of likely N-dealkylation sites (tertiary alicyclic amines) is 1. The van der Waals surface area contributed by atoms with Gasteiger partial charge in [-0.05, 0) is 32.6 Å². The number of carboxylic acid groups (broad SMARTS) is 1. The Morgan fingerprint density at radius 3 is 2.75 bits per heavy atom. The Balaban J connectivity index is 1.64. The van der Waals surface area contributed by atoms with Crippen molar-refractivity contribution in [3.8, 4) is 0 Å². The van der Waals surface area contributed by atoms with Crippen LogP contribution in [0.15, 0.2) is 0 Å². The first-order valence-electron chi connectivity index (χ1n) is 7.24. The second-order valence-electron chi connectivity index (χ2n) is 5.91. The maximum Gasteiger partial charge on any atom is 0.329 e. The zero-order chi connectivity index (χ0) is 14.6.